The Bertz CT molecular complexity index is 329. The number of hydrogen-bond acceptors (Lipinski definition) is 3. The van der Waals surface area contributed by atoms with Crippen LogP contribution in [-0.4, -0.2) is 8.42 Å². The first-order valence-corrected chi connectivity index (χ1v) is 6.72. The van der Waals surface area contributed by atoms with Crippen molar-refractivity contribution in [2.75, 3.05) is 0 Å². The van der Waals surface area contributed by atoms with Gasteiger partial charge >= 0.3 is 0 Å². The number of thiophene rings is 1. The van der Waals surface area contributed by atoms with E-state index in [0.717, 1.165) is 11.3 Å². The van der Waals surface area contributed by atoms with Crippen LogP contribution in [0.2, 0.25) is 4.34 Å². The maximum atomic E-state index is 10.7. The fraction of sp³-hybridized carbons (Fsp3) is 0. The predicted octanol–water partition coefficient (Wildman–Crippen LogP) is 2.49. The minimum Gasteiger partial charge on any atom is -0.211 e. The van der Waals surface area contributed by atoms with Crippen molar-refractivity contribution in [3.05, 3.63) is 16.5 Å². The second-order valence-electron chi connectivity index (χ2n) is 1.50. The van der Waals surface area contributed by atoms with Crippen molar-refractivity contribution in [2.45, 2.75) is 4.21 Å². The van der Waals surface area contributed by atoms with Gasteiger partial charge in [-0.15, -0.1) is 11.3 Å². The quantitative estimate of drug-likeness (QED) is 0.728. The van der Waals surface area contributed by atoms with Gasteiger partial charge in [0.1, 0.15) is 4.21 Å². The average Bonchev–Trinajstić information content (AvgIpc) is 2.11. The van der Waals surface area contributed by atoms with Crippen LogP contribution in [0.25, 0.3) is 0 Å². The number of hydrogen-bond donors (Lipinski definition) is 0. The molecular weight excluding hydrogens is 260 g/mol. The van der Waals surface area contributed by atoms with E-state index in [1.54, 1.807) is 6.07 Å². The summed E-state index contributed by atoms with van der Waals surface area (Å²) in [4.78, 5) is 0. The maximum absolute atomic E-state index is 10.7. The van der Waals surface area contributed by atoms with Crippen molar-refractivity contribution >= 4 is 46.0 Å². The highest BCUT2D eigenvalue weighted by Gasteiger charge is 2.10. The third-order valence-electron chi connectivity index (χ3n) is 0.789. The minimum absolute atomic E-state index is 0.234. The third-order valence-corrected chi connectivity index (χ3v) is 5.03. The fourth-order valence-corrected chi connectivity index (χ4v) is 3.16. The van der Waals surface area contributed by atoms with Gasteiger partial charge in [-0.3, -0.25) is 0 Å². The molecule has 1 rings (SSSR count). The summed E-state index contributed by atoms with van der Waals surface area (Å²) in [5.74, 6) is 0. The fourth-order valence-electron chi connectivity index (χ4n) is 0.429. The molecule has 0 aliphatic rings. The van der Waals surface area contributed by atoms with Gasteiger partial charge in [-0.2, -0.15) is 0 Å². The Kier molecular flexibility index (Phi) is 2.39. The molecule has 0 aliphatic carbocycles. The second-order valence-corrected chi connectivity index (χ2v) is 7.34. The van der Waals surface area contributed by atoms with Crippen LogP contribution in [0.5, 0.6) is 0 Å². The molecule has 1 aromatic rings. The molecule has 0 saturated carbocycles. The Morgan fingerprint density at radius 3 is 2.30 bits per heavy atom. The Balaban J connectivity index is 3.21. The molecular formula is C4H2BrClO2S2. The van der Waals surface area contributed by atoms with Crippen molar-refractivity contribution in [2.24, 2.45) is 0 Å². The lowest BCUT2D eigenvalue weighted by Crippen LogP contribution is -1.81. The monoisotopic (exact) mass is 260 g/mol. The lowest BCUT2D eigenvalue weighted by molar-refractivity contribution is 0.613. The van der Waals surface area contributed by atoms with Gasteiger partial charge in [-0.25, -0.2) is 8.42 Å². The number of rotatable bonds is 1. The third kappa shape index (κ3) is 1.95. The molecule has 0 aromatic carbocycles. The lowest BCUT2D eigenvalue weighted by Gasteiger charge is -1.84. The van der Waals surface area contributed by atoms with Crippen LogP contribution >= 0.6 is 37.8 Å². The molecule has 0 N–H and O–H groups in total. The van der Waals surface area contributed by atoms with E-state index in [0.29, 0.717) is 4.34 Å². The maximum Gasteiger partial charge on any atom is 0.246 e. The molecule has 0 aliphatic heterocycles. The van der Waals surface area contributed by atoms with Crippen LogP contribution < -0.4 is 0 Å². The normalized spacial score (nSPS) is 11.8. The summed E-state index contributed by atoms with van der Waals surface area (Å²) in [6.07, 6.45) is 0. The molecule has 0 radical (unpaired) electrons. The van der Waals surface area contributed by atoms with Gasteiger partial charge in [0.25, 0.3) is 0 Å². The van der Waals surface area contributed by atoms with Gasteiger partial charge in [0, 0.05) is 0 Å². The van der Waals surface area contributed by atoms with Gasteiger partial charge in [0.05, 0.1) is 19.1 Å². The SMILES string of the molecule is O=S(=O)(Br)c1ccc(Cl)s1. The van der Waals surface area contributed by atoms with Crippen LogP contribution in [0.15, 0.2) is 16.3 Å². The minimum atomic E-state index is -3.24. The smallest absolute Gasteiger partial charge is 0.211 e. The van der Waals surface area contributed by atoms with Crippen molar-refractivity contribution < 1.29 is 8.42 Å². The largest absolute Gasteiger partial charge is 0.246 e. The summed E-state index contributed by atoms with van der Waals surface area (Å²) in [5, 5.41) is 0. The summed E-state index contributed by atoms with van der Waals surface area (Å²) >= 11 is 9.05. The first kappa shape index (κ1) is 8.52. The molecule has 0 amide bonds. The zero-order chi connectivity index (χ0) is 7.78. The van der Waals surface area contributed by atoms with Crippen LogP contribution in [0.3, 0.4) is 0 Å². The first-order valence-electron chi connectivity index (χ1n) is 2.20. The molecule has 56 valence electrons. The van der Waals surface area contributed by atoms with Gasteiger partial charge in [0.2, 0.25) is 8.27 Å². The molecule has 0 unspecified atom stereocenters. The lowest BCUT2D eigenvalue weighted by atomic mass is 10.7. The molecule has 0 bridgehead atoms. The van der Waals surface area contributed by atoms with Crippen LogP contribution in [-0.2, 0) is 8.27 Å². The Labute approximate surface area is 74.9 Å². The Hall–Kier alpha value is 0.420. The Morgan fingerprint density at radius 2 is 2.10 bits per heavy atom. The van der Waals surface area contributed by atoms with Crippen molar-refractivity contribution in [1.29, 1.82) is 0 Å². The number of halogens is 2. The standard InChI is InChI=1S/C4H2BrClO2S2/c5-10(7,8)4-2-1-3(6)9-4/h1-2H. The van der Waals surface area contributed by atoms with Gasteiger partial charge in [0.15, 0.2) is 0 Å². The van der Waals surface area contributed by atoms with Crippen LogP contribution in [0, 0.1) is 0 Å². The summed E-state index contributed by atoms with van der Waals surface area (Å²) in [5.41, 5.74) is 0. The predicted molar refractivity (Wildman–Crippen MR) is 45.4 cm³/mol. The molecule has 6 heteroatoms. The summed E-state index contributed by atoms with van der Waals surface area (Å²) < 4.78 is 22.1. The van der Waals surface area contributed by atoms with E-state index < -0.39 is 8.27 Å². The highest BCUT2D eigenvalue weighted by atomic mass is 79.9. The molecule has 0 spiro atoms. The average molecular weight is 262 g/mol. The van der Waals surface area contributed by atoms with E-state index in [2.05, 4.69) is 14.8 Å². The summed E-state index contributed by atoms with van der Waals surface area (Å²) in [7, 11) is -3.24. The van der Waals surface area contributed by atoms with Crippen LogP contribution in [0.4, 0.5) is 0 Å². The Morgan fingerprint density at radius 1 is 1.50 bits per heavy atom. The topological polar surface area (TPSA) is 34.1 Å². The van der Waals surface area contributed by atoms with E-state index >= 15 is 0 Å². The highest BCUT2D eigenvalue weighted by molar-refractivity contribution is 9.47. The molecule has 1 heterocycles. The summed E-state index contributed by atoms with van der Waals surface area (Å²) in [6.45, 7) is 0. The van der Waals surface area contributed by atoms with Crippen LogP contribution in [0.1, 0.15) is 0 Å². The first-order chi connectivity index (χ1) is 4.50. The molecule has 0 saturated heterocycles. The van der Waals surface area contributed by atoms with Crippen molar-refractivity contribution in [3.63, 3.8) is 0 Å². The van der Waals surface area contributed by atoms with E-state index in [4.69, 9.17) is 11.6 Å². The van der Waals surface area contributed by atoms with E-state index in [-0.39, 0.29) is 4.21 Å². The van der Waals surface area contributed by atoms with Gasteiger partial charge < -0.3 is 0 Å². The molecule has 2 nitrogen and oxygen atoms in total. The summed E-state index contributed by atoms with van der Waals surface area (Å²) in [6, 6.07) is 3.00. The van der Waals surface area contributed by atoms with Gasteiger partial charge in [-0.05, 0) is 12.1 Å². The zero-order valence-corrected chi connectivity index (χ0v) is 8.52. The zero-order valence-electron chi connectivity index (χ0n) is 4.54. The van der Waals surface area contributed by atoms with Gasteiger partial charge in [-0.1, -0.05) is 11.6 Å². The van der Waals surface area contributed by atoms with E-state index in [9.17, 15) is 8.42 Å². The second kappa shape index (κ2) is 2.81. The highest BCUT2D eigenvalue weighted by Crippen LogP contribution is 2.28. The molecule has 1 aromatic heterocycles. The van der Waals surface area contributed by atoms with Crippen molar-refractivity contribution in [3.8, 4) is 0 Å². The van der Waals surface area contributed by atoms with E-state index in [1.165, 1.54) is 6.07 Å². The molecule has 0 fully saturated rings. The molecule has 10 heavy (non-hydrogen) atoms. The molecule has 0 atom stereocenters. The van der Waals surface area contributed by atoms with Crippen molar-refractivity contribution in [1.82, 2.24) is 0 Å². The van der Waals surface area contributed by atoms with E-state index in [1.807, 2.05) is 0 Å².